The maximum absolute atomic E-state index is 13.3. The standard InChI is InChI=1S/C21H23F2N5.HI/c1-2-24-21(26-15-16-4-3-5-18(23)14-16)25-12-10-19-11-13-28(27-19)20-8-6-17(22)7-9-20;/h3-9,11,13-14H,2,10,12,15H2,1H3,(H2,24,25,26);1H. The quantitative estimate of drug-likeness (QED) is 0.286. The lowest BCUT2D eigenvalue weighted by molar-refractivity contribution is 0.625. The number of hydrogen-bond acceptors (Lipinski definition) is 2. The van der Waals surface area contributed by atoms with Gasteiger partial charge in [0.05, 0.1) is 17.9 Å². The van der Waals surface area contributed by atoms with Gasteiger partial charge in [-0.25, -0.2) is 18.5 Å². The van der Waals surface area contributed by atoms with E-state index in [9.17, 15) is 8.78 Å². The molecule has 2 N–H and O–H groups in total. The van der Waals surface area contributed by atoms with Crippen LogP contribution in [0.3, 0.4) is 0 Å². The zero-order chi connectivity index (χ0) is 19.8. The first-order valence-corrected chi connectivity index (χ1v) is 9.21. The van der Waals surface area contributed by atoms with Gasteiger partial charge in [-0.1, -0.05) is 12.1 Å². The average molecular weight is 511 g/mol. The highest BCUT2D eigenvalue weighted by atomic mass is 127. The SMILES string of the molecule is CCNC(=NCc1cccc(F)c1)NCCc1ccn(-c2ccc(F)cc2)n1.I. The molecule has 0 spiro atoms. The van der Waals surface area contributed by atoms with Crippen LogP contribution in [0.25, 0.3) is 5.69 Å². The molecule has 0 unspecified atom stereocenters. The summed E-state index contributed by atoms with van der Waals surface area (Å²) in [6, 6.07) is 14.6. The number of benzene rings is 2. The number of aliphatic imine (C=N–C) groups is 1. The molecule has 0 saturated heterocycles. The van der Waals surface area contributed by atoms with Crippen LogP contribution in [0.1, 0.15) is 18.2 Å². The van der Waals surface area contributed by atoms with Gasteiger partial charge in [-0.2, -0.15) is 5.10 Å². The maximum atomic E-state index is 13.3. The molecule has 0 saturated carbocycles. The maximum Gasteiger partial charge on any atom is 0.191 e. The smallest absolute Gasteiger partial charge is 0.191 e. The molecule has 154 valence electrons. The van der Waals surface area contributed by atoms with E-state index in [0.717, 1.165) is 23.5 Å². The summed E-state index contributed by atoms with van der Waals surface area (Å²) >= 11 is 0. The second kappa shape index (κ2) is 11.5. The third kappa shape index (κ3) is 7.12. The van der Waals surface area contributed by atoms with Crippen LogP contribution in [0.5, 0.6) is 0 Å². The first-order valence-electron chi connectivity index (χ1n) is 9.21. The molecule has 0 fully saturated rings. The van der Waals surface area contributed by atoms with Gasteiger partial charge in [0, 0.05) is 25.7 Å². The van der Waals surface area contributed by atoms with E-state index in [-0.39, 0.29) is 35.6 Å². The molecule has 0 aliphatic heterocycles. The number of halogens is 3. The summed E-state index contributed by atoms with van der Waals surface area (Å²) < 4.78 is 28.0. The van der Waals surface area contributed by atoms with Crippen molar-refractivity contribution in [1.29, 1.82) is 0 Å². The zero-order valence-corrected chi connectivity index (χ0v) is 18.4. The Kier molecular flexibility index (Phi) is 9.04. The first kappa shape index (κ1) is 22.8. The molecular weight excluding hydrogens is 487 g/mol. The second-order valence-electron chi connectivity index (χ2n) is 6.23. The van der Waals surface area contributed by atoms with Crippen LogP contribution in [0.4, 0.5) is 8.78 Å². The van der Waals surface area contributed by atoms with Crippen molar-refractivity contribution in [2.75, 3.05) is 13.1 Å². The van der Waals surface area contributed by atoms with Gasteiger partial charge in [-0.15, -0.1) is 24.0 Å². The predicted molar refractivity (Wildman–Crippen MR) is 122 cm³/mol. The summed E-state index contributed by atoms with van der Waals surface area (Å²) in [6.07, 6.45) is 2.56. The molecule has 8 heteroatoms. The summed E-state index contributed by atoms with van der Waals surface area (Å²) in [5, 5.41) is 10.9. The summed E-state index contributed by atoms with van der Waals surface area (Å²) in [7, 11) is 0. The van der Waals surface area contributed by atoms with Gasteiger partial charge < -0.3 is 10.6 Å². The van der Waals surface area contributed by atoms with E-state index in [1.54, 1.807) is 22.9 Å². The van der Waals surface area contributed by atoms with Crippen LogP contribution in [0, 0.1) is 11.6 Å². The van der Waals surface area contributed by atoms with E-state index < -0.39 is 0 Å². The Morgan fingerprint density at radius 3 is 2.55 bits per heavy atom. The van der Waals surface area contributed by atoms with E-state index in [0.29, 0.717) is 25.5 Å². The summed E-state index contributed by atoms with van der Waals surface area (Å²) in [5.74, 6) is 0.140. The fourth-order valence-electron chi connectivity index (χ4n) is 2.69. The minimum atomic E-state index is -0.270. The fraction of sp³-hybridized carbons (Fsp3) is 0.238. The molecule has 0 aliphatic rings. The van der Waals surface area contributed by atoms with Crippen molar-refractivity contribution in [2.45, 2.75) is 19.9 Å². The zero-order valence-electron chi connectivity index (χ0n) is 16.1. The van der Waals surface area contributed by atoms with Gasteiger partial charge in [-0.3, -0.25) is 0 Å². The molecule has 2 aromatic carbocycles. The molecule has 1 heterocycles. The summed E-state index contributed by atoms with van der Waals surface area (Å²) in [5.41, 5.74) is 2.54. The van der Waals surface area contributed by atoms with E-state index in [2.05, 4.69) is 20.7 Å². The molecule has 0 amide bonds. The highest BCUT2D eigenvalue weighted by molar-refractivity contribution is 14.0. The molecule has 1 aromatic heterocycles. The van der Waals surface area contributed by atoms with Gasteiger partial charge in [-0.05, 0) is 55.0 Å². The van der Waals surface area contributed by atoms with Crippen LogP contribution >= 0.6 is 24.0 Å². The van der Waals surface area contributed by atoms with Crippen molar-refractivity contribution in [1.82, 2.24) is 20.4 Å². The Labute approximate surface area is 186 Å². The van der Waals surface area contributed by atoms with Crippen molar-refractivity contribution < 1.29 is 8.78 Å². The Hall–Kier alpha value is -2.49. The second-order valence-corrected chi connectivity index (χ2v) is 6.23. The summed E-state index contributed by atoms with van der Waals surface area (Å²) in [6.45, 7) is 3.76. The van der Waals surface area contributed by atoms with Crippen molar-refractivity contribution in [3.8, 4) is 5.69 Å². The number of nitrogens with one attached hydrogen (secondary N) is 2. The molecule has 3 rings (SSSR count). The largest absolute Gasteiger partial charge is 0.357 e. The lowest BCUT2D eigenvalue weighted by atomic mass is 10.2. The van der Waals surface area contributed by atoms with Crippen molar-refractivity contribution in [2.24, 2.45) is 4.99 Å². The third-order valence-electron chi connectivity index (χ3n) is 4.06. The third-order valence-corrected chi connectivity index (χ3v) is 4.06. The van der Waals surface area contributed by atoms with Crippen molar-refractivity contribution >= 4 is 29.9 Å². The number of guanidine groups is 1. The Bertz CT molecular complexity index is 925. The number of hydrogen-bond donors (Lipinski definition) is 2. The minimum absolute atomic E-state index is 0. The molecule has 0 bridgehead atoms. The Morgan fingerprint density at radius 1 is 1.03 bits per heavy atom. The first-order chi connectivity index (χ1) is 13.6. The summed E-state index contributed by atoms with van der Waals surface area (Å²) in [4.78, 5) is 4.48. The normalized spacial score (nSPS) is 11.1. The highest BCUT2D eigenvalue weighted by Gasteiger charge is 2.03. The molecule has 29 heavy (non-hydrogen) atoms. The number of rotatable bonds is 7. The highest BCUT2D eigenvalue weighted by Crippen LogP contribution is 2.09. The molecule has 0 radical (unpaired) electrons. The monoisotopic (exact) mass is 511 g/mol. The van der Waals surface area contributed by atoms with Gasteiger partial charge in [0.15, 0.2) is 5.96 Å². The topological polar surface area (TPSA) is 54.2 Å². The van der Waals surface area contributed by atoms with Crippen LogP contribution in [-0.4, -0.2) is 28.8 Å². The predicted octanol–water partition coefficient (Wildman–Crippen LogP) is 4.07. The van der Waals surface area contributed by atoms with E-state index in [1.165, 1.54) is 24.3 Å². The minimum Gasteiger partial charge on any atom is -0.357 e. The van der Waals surface area contributed by atoms with Gasteiger partial charge in [0.2, 0.25) is 0 Å². The van der Waals surface area contributed by atoms with Crippen molar-refractivity contribution in [3.63, 3.8) is 0 Å². The molecule has 0 atom stereocenters. The number of nitrogens with zero attached hydrogens (tertiary/aromatic N) is 3. The van der Waals surface area contributed by atoms with Gasteiger partial charge in [0.25, 0.3) is 0 Å². The van der Waals surface area contributed by atoms with Gasteiger partial charge >= 0.3 is 0 Å². The molecular formula is C21H24F2IN5. The van der Waals surface area contributed by atoms with Crippen LogP contribution in [0.15, 0.2) is 65.8 Å². The van der Waals surface area contributed by atoms with E-state index in [1.807, 2.05) is 25.3 Å². The van der Waals surface area contributed by atoms with Crippen LogP contribution < -0.4 is 10.6 Å². The molecule has 0 aliphatic carbocycles. The van der Waals surface area contributed by atoms with E-state index in [4.69, 9.17) is 0 Å². The fourth-order valence-corrected chi connectivity index (χ4v) is 2.69. The number of aromatic nitrogens is 2. The van der Waals surface area contributed by atoms with Crippen LogP contribution in [-0.2, 0) is 13.0 Å². The van der Waals surface area contributed by atoms with E-state index >= 15 is 0 Å². The van der Waals surface area contributed by atoms with Crippen LogP contribution in [0.2, 0.25) is 0 Å². The Balaban J connectivity index is 0.00000300. The Morgan fingerprint density at radius 2 is 1.83 bits per heavy atom. The average Bonchev–Trinajstić information content (AvgIpc) is 3.15. The lowest BCUT2D eigenvalue weighted by Crippen LogP contribution is -2.38. The molecule has 3 aromatic rings. The lowest BCUT2D eigenvalue weighted by Gasteiger charge is -2.10. The van der Waals surface area contributed by atoms with Crippen molar-refractivity contribution in [3.05, 3.63) is 83.7 Å². The molecule has 5 nitrogen and oxygen atoms in total. The van der Waals surface area contributed by atoms with Gasteiger partial charge in [0.1, 0.15) is 11.6 Å².